The summed E-state index contributed by atoms with van der Waals surface area (Å²) >= 11 is 0. The number of hydrogen-bond donors (Lipinski definition) is 2. The Balaban J connectivity index is 3.37. The molecule has 0 saturated heterocycles. The van der Waals surface area contributed by atoms with Crippen molar-refractivity contribution in [1.82, 2.24) is 9.97 Å². The molecule has 0 radical (unpaired) electrons. The fraction of sp³-hybridized carbons (Fsp3) is 0.636. The number of nitrogens with two attached hydrogens (primary N) is 1. The fourth-order valence-corrected chi connectivity index (χ4v) is 1.74. The van der Waals surface area contributed by atoms with Crippen molar-refractivity contribution in [2.24, 2.45) is 0 Å². The van der Waals surface area contributed by atoms with Gasteiger partial charge in [0.1, 0.15) is 17.2 Å². The second-order valence-corrected chi connectivity index (χ2v) is 3.83. The summed E-state index contributed by atoms with van der Waals surface area (Å²) in [5.74, 6) is 0.773. The molecule has 1 heterocycles. The average Bonchev–Trinajstić information content (AvgIpc) is 2.29. The van der Waals surface area contributed by atoms with Crippen LogP contribution >= 0.6 is 0 Å². The summed E-state index contributed by atoms with van der Waals surface area (Å²) in [6.45, 7) is 5.63. The minimum absolute atomic E-state index is 0.203. The lowest BCUT2D eigenvalue weighted by Gasteiger charge is -2.29. The monoisotopic (exact) mass is 225 g/mol. The zero-order valence-electron chi connectivity index (χ0n) is 10.3. The fourth-order valence-electron chi connectivity index (χ4n) is 1.74. The third kappa shape index (κ3) is 1.95. The quantitative estimate of drug-likeness (QED) is 0.809. The minimum Gasteiger partial charge on any atom is -0.383 e. The zero-order chi connectivity index (χ0) is 12.3. The van der Waals surface area contributed by atoms with Crippen LogP contribution in [0.5, 0.6) is 0 Å². The largest absolute Gasteiger partial charge is 0.383 e. The smallest absolute Gasteiger partial charge is 0.255 e. The summed E-state index contributed by atoms with van der Waals surface area (Å²) in [5.41, 5.74) is 5.38. The van der Waals surface area contributed by atoms with E-state index in [0.717, 1.165) is 12.8 Å². The lowest BCUT2D eigenvalue weighted by Crippen LogP contribution is -2.33. The maximum absolute atomic E-state index is 11.6. The molecular weight excluding hydrogens is 206 g/mol. The third-order valence-electron chi connectivity index (χ3n) is 3.15. The maximum atomic E-state index is 11.6. The maximum Gasteiger partial charge on any atom is 0.255 e. The Labute approximate surface area is 95.0 Å². The van der Waals surface area contributed by atoms with Crippen LogP contribution < -0.4 is 11.3 Å². The molecular formula is C11H19N3O2. The number of ether oxygens (including phenoxy) is 1. The number of nitrogens with zero attached hydrogens (tertiary/aromatic N) is 1. The Kier molecular flexibility index (Phi) is 3.70. The molecule has 0 amide bonds. The molecule has 1 rings (SSSR count). The molecule has 0 fully saturated rings. The Hall–Kier alpha value is -1.36. The second kappa shape index (κ2) is 4.65. The number of nitrogens with one attached hydrogen (secondary N) is 1. The third-order valence-corrected chi connectivity index (χ3v) is 3.15. The van der Waals surface area contributed by atoms with Crippen molar-refractivity contribution in [3.05, 3.63) is 21.7 Å². The summed E-state index contributed by atoms with van der Waals surface area (Å²) < 4.78 is 5.48. The summed E-state index contributed by atoms with van der Waals surface area (Å²) in [5, 5.41) is 0. The normalized spacial score (nSPS) is 11.8. The molecule has 16 heavy (non-hydrogen) atoms. The molecule has 0 aliphatic rings. The number of H-pyrrole nitrogens is 1. The van der Waals surface area contributed by atoms with Gasteiger partial charge < -0.3 is 15.5 Å². The van der Waals surface area contributed by atoms with Crippen molar-refractivity contribution < 1.29 is 4.74 Å². The highest BCUT2D eigenvalue weighted by Gasteiger charge is 2.31. The number of anilines is 1. The molecule has 0 bridgehead atoms. The van der Waals surface area contributed by atoms with Crippen LogP contribution in [-0.2, 0) is 10.3 Å². The number of aromatic amines is 1. The summed E-state index contributed by atoms with van der Waals surface area (Å²) in [7, 11) is 1.61. The molecule has 0 saturated carbocycles. The molecule has 3 N–H and O–H groups in total. The van der Waals surface area contributed by atoms with E-state index in [-0.39, 0.29) is 11.4 Å². The highest BCUT2D eigenvalue weighted by Crippen LogP contribution is 2.29. The second-order valence-electron chi connectivity index (χ2n) is 3.83. The van der Waals surface area contributed by atoms with E-state index < -0.39 is 5.60 Å². The van der Waals surface area contributed by atoms with Crippen LogP contribution in [0.3, 0.4) is 0 Å². The topological polar surface area (TPSA) is 81.0 Å². The first-order chi connectivity index (χ1) is 7.50. The van der Waals surface area contributed by atoms with Crippen LogP contribution in [-0.4, -0.2) is 17.1 Å². The molecule has 90 valence electrons. The highest BCUT2D eigenvalue weighted by atomic mass is 16.5. The van der Waals surface area contributed by atoms with E-state index >= 15 is 0 Å². The van der Waals surface area contributed by atoms with Gasteiger partial charge in [-0.3, -0.25) is 4.79 Å². The Morgan fingerprint density at radius 1 is 1.44 bits per heavy atom. The van der Waals surface area contributed by atoms with Crippen molar-refractivity contribution in [3.63, 3.8) is 0 Å². The van der Waals surface area contributed by atoms with Gasteiger partial charge in [-0.25, -0.2) is 4.98 Å². The molecule has 0 aromatic carbocycles. The predicted molar refractivity (Wildman–Crippen MR) is 63.3 cm³/mol. The Bertz CT molecular complexity index is 413. The molecule has 0 atom stereocenters. The van der Waals surface area contributed by atoms with Crippen LogP contribution in [0.2, 0.25) is 0 Å². The van der Waals surface area contributed by atoms with Crippen LogP contribution in [0, 0.1) is 6.92 Å². The standard InChI is InChI=1S/C11H19N3O2/c1-5-11(6-2,16-4)10-13-8(12)7(3)9(15)14-10/h5-6H2,1-4H3,(H3,12,13,14,15). The van der Waals surface area contributed by atoms with E-state index in [1.54, 1.807) is 14.0 Å². The summed E-state index contributed by atoms with van der Waals surface area (Å²) in [6, 6.07) is 0. The highest BCUT2D eigenvalue weighted by molar-refractivity contribution is 5.36. The average molecular weight is 225 g/mol. The first-order valence-electron chi connectivity index (χ1n) is 5.42. The van der Waals surface area contributed by atoms with Gasteiger partial charge in [-0.2, -0.15) is 0 Å². The number of rotatable bonds is 4. The summed E-state index contributed by atoms with van der Waals surface area (Å²) in [6.07, 6.45) is 1.46. The van der Waals surface area contributed by atoms with Crippen LogP contribution in [0.25, 0.3) is 0 Å². The lowest BCUT2D eigenvalue weighted by atomic mass is 9.96. The van der Waals surface area contributed by atoms with Gasteiger partial charge in [0, 0.05) is 7.11 Å². The molecule has 5 heteroatoms. The van der Waals surface area contributed by atoms with Crippen molar-refractivity contribution >= 4 is 5.82 Å². The predicted octanol–water partition coefficient (Wildman–Crippen LogP) is 1.32. The number of aromatic nitrogens is 2. The van der Waals surface area contributed by atoms with Gasteiger partial charge in [-0.15, -0.1) is 0 Å². The molecule has 0 aliphatic carbocycles. The minimum atomic E-state index is -0.555. The van der Waals surface area contributed by atoms with E-state index in [4.69, 9.17) is 10.5 Å². The number of hydrogen-bond acceptors (Lipinski definition) is 4. The zero-order valence-corrected chi connectivity index (χ0v) is 10.3. The first kappa shape index (κ1) is 12.7. The lowest BCUT2D eigenvalue weighted by molar-refractivity contribution is -0.0292. The molecule has 0 unspecified atom stereocenters. The number of methoxy groups -OCH3 is 1. The van der Waals surface area contributed by atoms with Gasteiger partial charge >= 0.3 is 0 Å². The van der Waals surface area contributed by atoms with Crippen LogP contribution in [0.4, 0.5) is 5.82 Å². The SMILES string of the molecule is CCC(CC)(OC)c1nc(N)c(C)c(=O)[nH]1. The molecule has 0 spiro atoms. The first-order valence-corrected chi connectivity index (χ1v) is 5.42. The summed E-state index contributed by atoms with van der Waals surface area (Å²) in [4.78, 5) is 18.6. The van der Waals surface area contributed by atoms with E-state index in [1.807, 2.05) is 13.8 Å². The van der Waals surface area contributed by atoms with Crippen molar-refractivity contribution in [2.75, 3.05) is 12.8 Å². The van der Waals surface area contributed by atoms with Gasteiger partial charge in [0.05, 0.1) is 5.56 Å². The van der Waals surface area contributed by atoms with Gasteiger partial charge in [0.25, 0.3) is 5.56 Å². The molecule has 5 nitrogen and oxygen atoms in total. The van der Waals surface area contributed by atoms with E-state index in [2.05, 4.69) is 9.97 Å². The Morgan fingerprint density at radius 2 is 2.00 bits per heavy atom. The molecule has 1 aromatic heterocycles. The molecule has 1 aromatic rings. The van der Waals surface area contributed by atoms with E-state index in [1.165, 1.54) is 0 Å². The van der Waals surface area contributed by atoms with E-state index in [0.29, 0.717) is 11.4 Å². The Morgan fingerprint density at radius 3 is 2.38 bits per heavy atom. The van der Waals surface area contributed by atoms with Gasteiger partial charge in [0.15, 0.2) is 0 Å². The van der Waals surface area contributed by atoms with Crippen molar-refractivity contribution in [3.8, 4) is 0 Å². The van der Waals surface area contributed by atoms with Gasteiger partial charge in [0.2, 0.25) is 0 Å². The van der Waals surface area contributed by atoms with Gasteiger partial charge in [-0.05, 0) is 19.8 Å². The van der Waals surface area contributed by atoms with Crippen molar-refractivity contribution in [2.45, 2.75) is 39.2 Å². The van der Waals surface area contributed by atoms with Gasteiger partial charge in [-0.1, -0.05) is 13.8 Å². The van der Waals surface area contributed by atoms with Crippen LogP contribution in [0.15, 0.2) is 4.79 Å². The van der Waals surface area contributed by atoms with Crippen molar-refractivity contribution in [1.29, 1.82) is 0 Å². The molecule has 0 aliphatic heterocycles. The van der Waals surface area contributed by atoms with Crippen LogP contribution in [0.1, 0.15) is 38.1 Å². The van der Waals surface area contributed by atoms with E-state index in [9.17, 15) is 4.79 Å². The number of nitrogen functional groups attached to an aromatic ring is 1.